The van der Waals surface area contributed by atoms with Crippen molar-refractivity contribution in [2.75, 3.05) is 20.1 Å². The van der Waals surface area contributed by atoms with Crippen molar-refractivity contribution in [3.05, 3.63) is 70.9 Å². The van der Waals surface area contributed by atoms with Gasteiger partial charge in [0.2, 0.25) is 0 Å². The largest absolute Gasteiger partial charge is 0.481 e. The third-order valence-electron chi connectivity index (χ3n) is 6.14. The Morgan fingerprint density at radius 1 is 1.17 bits per heavy atom. The maximum Gasteiger partial charge on any atom is 0.318 e. The second-order valence-electron chi connectivity index (χ2n) is 8.93. The first kappa shape index (κ1) is 26.2. The van der Waals surface area contributed by atoms with Crippen LogP contribution in [-0.2, 0) is 17.9 Å². The normalized spacial score (nSPS) is 14.3. The van der Waals surface area contributed by atoms with E-state index in [-0.39, 0.29) is 18.6 Å². The minimum Gasteiger partial charge on any atom is -0.481 e. The fraction of sp³-hybridized carbons (Fsp3) is 0.385. The molecular formula is C26H32F2N4O3. The number of carboxylic acid groups (broad SMARTS) is 1. The van der Waals surface area contributed by atoms with E-state index in [0.29, 0.717) is 12.1 Å². The summed E-state index contributed by atoms with van der Waals surface area (Å²) in [6.07, 6.45) is 3.61. The van der Waals surface area contributed by atoms with Crippen molar-refractivity contribution in [1.29, 1.82) is 0 Å². The van der Waals surface area contributed by atoms with Gasteiger partial charge in [-0.05, 0) is 69.2 Å². The number of hydrogen-bond acceptors (Lipinski definition) is 3. The zero-order valence-electron chi connectivity index (χ0n) is 20.3. The Labute approximate surface area is 203 Å². The van der Waals surface area contributed by atoms with Gasteiger partial charge in [0.25, 0.3) is 5.97 Å². The number of hydrogen-bond donors (Lipinski definition) is 3. The fourth-order valence-electron chi connectivity index (χ4n) is 4.20. The maximum atomic E-state index is 14.3. The summed E-state index contributed by atoms with van der Waals surface area (Å²) < 4.78 is 27.6. The lowest BCUT2D eigenvalue weighted by Crippen LogP contribution is -2.49. The number of carbonyl (C=O) groups excluding carboxylic acids is 1. The Hall–Kier alpha value is -3.46. The summed E-state index contributed by atoms with van der Waals surface area (Å²) in [5.41, 5.74) is 3.54. The first-order chi connectivity index (χ1) is 16.6. The van der Waals surface area contributed by atoms with Crippen LogP contribution >= 0.6 is 0 Å². The second-order valence-corrected chi connectivity index (χ2v) is 8.93. The number of benzene rings is 2. The lowest BCUT2D eigenvalue weighted by molar-refractivity contribution is -0.134. The maximum absolute atomic E-state index is 14.3. The second kappa shape index (κ2) is 11.8. The Bertz CT molecular complexity index is 1170. The van der Waals surface area contributed by atoms with Crippen molar-refractivity contribution >= 4 is 22.9 Å². The van der Waals surface area contributed by atoms with Crippen LogP contribution in [0.25, 0.3) is 10.9 Å². The third kappa shape index (κ3) is 7.26. The number of piperidine rings is 1. The van der Waals surface area contributed by atoms with E-state index in [9.17, 15) is 13.6 Å². The Balaban J connectivity index is 0.000000795. The minimum atomic E-state index is -0.833. The number of nitrogens with one attached hydrogen (secondary N) is 2. The van der Waals surface area contributed by atoms with Gasteiger partial charge in [-0.2, -0.15) is 0 Å². The van der Waals surface area contributed by atoms with Gasteiger partial charge >= 0.3 is 6.03 Å². The molecule has 0 spiro atoms. The van der Waals surface area contributed by atoms with E-state index in [1.54, 1.807) is 4.90 Å². The Morgan fingerprint density at radius 2 is 1.86 bits per heavy atom. The first-order valence-electron chi connectivity index (χ1n) is 11.6. The summed E-state index contributed by atoms with van der Waals surface area (Å²) in [7, 11) is 2.05. The summed E-state index contributed by atoms with van der Waals surface area (Å²) >= 11 is 0. The van der Waals surface area contributed by atoms with Gasteiger partial charge in [0, 0.05) is 48.2 Å². The molecule has 1 saturated heterocycles. The molecule has 0 aliphatic carbocycles. The van der Waals surface area contributed by atoms with Crippen LogP contribution in [0.3, 0.4) is 0 Å². The summed E-state index contributed by atoms with van der Waals surface area (Å²) in [5.74, 6) is -2.08. The van der Waals surface area contributed by atoms with Crippen molar-refractivity contribution in [2.45, 2.75) is 45.8 Å². The molecule has 4 rings (SSSR count). The lowest BCUT2D eigenvalue weighted by atomic mass is 10.0. The highest BCUT2D eigenvalue weighted by atomic mass is 19.1. The molecule has 1 fully saturated rings. The van der Waals surface area contributed by atoms with Crippen molar-refractivity contribution in [3.63, 3.8) is 0 Å². The van der Waals surface area contributed by atoms with Gasteiger partial charge in [-0.25, -0.2) is 13.6 Å². The van der Waals surface area contributed by atoms with Gasteiger partial charge in [-0.15, -0.1) is 0 Å². The first-order valence-corrected chi connectivity index (χ1v) is 11.6. The number of aryl methyl sites for hydroxylation is 1. The molecule has 0 radical (unpaired) electrons. The van der Waals surface area contributed by atoms with E-state index < -0.39 is 17.6 Å². The summed E-state index contributed by atoms with van der Waals surface area (Å²) in [6.45, 7) is 5.38. The molecular weight excluding hydrogens is 454 g/mol. The lowest BCUT2D eigenvalue weighted by Gasteiger charge is -2.37. The third-order valence-corrected chi connectivity index (χ3v) is 6.14. The molecule has 1 aliphatic heterocycles. The number of aromatic nitrogens is 1. The van der Waals surface area contributed by atoms with Crippen LogP contribution in [0.15, 0.2) is 42.6 Å². The van der Waals surface area contributed by atoms with Crippen LogP contribution in [0.2, 0.25) is 0 Å². The van der Waals surface area contributed by atoms with E-state index in [1.807, 2.05) is 25.3 Å². The van der Waals surface area contributed by atoms with E-state index in [4.69, 9.17) is 9.90 Å². The zero-order chi connectivity index (χ0) is 25.5. The van der Waals surface area contributed by atoms with Crippen LogP contribution in [0.1, 0.15) is 36.5 Å². The van der Waals surface area contributed by atoms with E-state index >= 15 is 0 Å². The van der Waals surface area contributed by atoms with Crippen LogP contribution in [-0.4, -0.2) is 58.1 Å². The molecule has 9 heteroatoms. The van der Waals surface area contributed by atoms with Gasteiger partial charge < -0.3 is 25.2 Å². The molecule has 1 aliphatic rings. The molecule has 35 heavy (non-hydrogen) atoms. The number of halogens is 2. The zero-order valence-corrected chi connectivity index (χ0v) is 20.3. The number of carbonyl (C=O) groups is 2. The summed E-state index contributed by atoms with van der Waals surface area (Å²) in [5, 5.41) is 11.6. The van der Waals surface area contributed by atoms with Crippen LogP contribution in [0.4, 0.5) is 13.6 Å². The molecule has 3 aromatic rings. The smallest absolute Gasteiger partial charge is 0.318 e. The number of aromatic amines is 1. The molecule has 3 N–H and O–H groups in total. The highest BCUT2D eigenvalue weighted by Crippen LogP contribution is 2.22. The molecule has 7 nitrogen and oxygen atoms in total. The predicted molar refractivity (Wildman–Crippen MR) is 131 cm³/mol. The van der Waals surface area contributed by atoms with E-state index in [2.05, 4.69) is 28.3 Å². The highest BCUT2D eigenvalue weighted by Gasteiger charge is 2.28. The molecule has 0 unspecified atom stereocenters. The molecule has 2 amide bonds. The van der Waals surface area contributed by atoms with E-state index in [1.165, 1.54) is 12.1 Å². The molecule has 188 valence electrons. The van der Waals surface area contributed by atoms with E-state index in [0.717, 1.165) is 61.0 Å². The number of likely N-dealkylation sites (tertiary alicyclic amines) is 1. The highest BCUT2D eigenvalue weighted by molar-refractivity contribution is 5.83. The van der Waals surface area contributed by atoms with Gasteiger partial charge in [-0.3, -0.25) is 4.79 Å². The fourth-order valence-corrected chi connectivity index (χ4v) is 4.20. The number of urea groups is 1. The average Bonchev–Trinajstić information content (AvgIpc) is 3.17. The molecule has 2 heterocycles. The van der Waals surface area contributed by atoms with Gasteiger partial charge in [-0.1, -0.05) is 12.1 Å². The number of amides is 2. The average molecular weight is 487 g/mol. The van der Waals surface area contributed by atoms with Gasteiger partial charge in [0.15, 0.2) is 0 Å². The molecule has 0 saturated carbocycles. The predicted octanol–water partition coefficient (Wildman–Crippen LogP) is 4.65. The molecule has 1 aromatic heterocycles. The van der Waals surface area contributed by atoms with Crippen molar-refractivity contribution < 1.29 is 23.5 Å². The topological polar surface area (TPSA) is 88.7 Å². The molecule has 2 aromatic carbocycles. The quantitative estimate of drug-likeness (QED) is 0.490. The van der Waals surface area contributed by atoms with Gasteiger partial charge in [0.05, 0.1) is 6.54 Å². The number of rotatable bonds is 5. The van der Waals surface area contributed by atoms with Crippen molar-refractivity contribution in [1.82, 2.24) is 20.1 Å². The van der Waals surface area contributed by atoms with Crippen LogP contribution in [0, 0.1) is 18.6 Å². The number of aliphatic carboxylic acids is 1. The summed E-state index contributed by atoms with van der Waals surface area (Å²) in [4.78, 5) is 29.3. The van der Waals surface area contributed by atoms with Crippen LogP contribution < -0.4 is 5.32 Å². The number of H-pyrrole nitrogens is 1. The monoisotopic (exact) mass is 486 g/mol. The SMILES string of the molecule is CC(=O)O.Cc1c[nH]c2ccc(CNC(=O)N(Cc3ccc(F)cc3F)C3CCN(C)CC3)cc12. The molecule has 0 atom stereocenters. The number of fused-ring (bicyclic) bond motifs is 1. The number of nitrogens with zero attached hydrogens (tertiary/aromatic N) is 2. The number of carboxylic acids is 1. The van der Waals surface area contributed by atoms with Gasteiger partial charge in [0.1, 0.15) is 11.6 Å². The van der Waals surface area contributed by atoms with Crippen molar-refractivity contribution in [2.24, 2.45) is 0 Å². The summed E-state index contributed by atoms with van der Waals surface area (Å²) in [6, 6.07) is 9.36. The van der Waals surface area contributed by atoms with Crippen molar-refractivity contribution in [3.8, 4) is 0 Å². The standard InChI is InChI=1S/C24H28F2N4O.C2H4O2/c1-16-13-27-23-6-3-17(11-21(16)23)14-28-24(31)30(20-7-9-29(2)10-8-20)15-18-4-5-19(25)12-22(18)26;1-2(3)4/h3-6,11-13,20,27H,7-10,14-15H2,1-2H3,(H,28,31);1H3,(H,3,4). The van der Waals surface area contributed by atoms with Crippen LogP contribution in [0.5, 0.6) is 0 Å². The Morgan fingerprint density at radius 3 is 2.51 bits per heavy atom. The Kier molecular flexibility index (Phi) is 8.81. The molecule has 0 bridgehead atoms. The minimum absolute atomic E-state index is 0.00931.